The SMILES string of the molecule is CN=C(NCc1nnc(C)n1C)NCC(C(C)C)N1CCCCCC1. The van der Waals surface area contributed by atoms with Crippen LogP contribution in [-0.2, 0) is 13.6 Å². The number of hydrogen-bond acceptors (Lipinski definition) is 4. The van der Waals surface area contributed by atoms with Crippen molar-refractivity contribution in [2.45, 2.75) is 59.0 Å². The summed E-state index contributed by atoms with van der Waals surface area (Å²) in [6.07, 6.45) is 5.38. The first-order chi connectivity index (χ1) is 12.0. The Labute approximate surface area is 152 Å². The Balaban J connectivity index is 1.87. The van der Waals surface area contributed by atoms with Crippen LogP contribution in [-0.4, -0.2) is 58.3 Å². The lowest BCUT2D eigenvalue weighted by molar-refractivity contribution is 0.161. The maximum absolute atomic E-state index is 4.35. The van der Waals surface area contributed by atoms with Crippen LogP contribution in [0.15, 0.2) is 4.99 Å². The molecule has 0 aliphatic carbocycles. The standard InChI is InChI=1S/C18H35N7/c1-14(2)16(25-10-8-6-7-9-11-25)12-20-18(19-4)21-13-17-23-22-15(3)24(17)5/h14,16H,6-13H2,1-5H3,(H2,19,20,21). The molecule has 0 saturated carbocycles. The predicted octanol–water partition coefficient (Wildman–Crippen LogP) is 1.69. The van der Waals surface area contributed by atoms with Gasteiger partial charge in [-0.15, -0.1) is 10.2 Å². The van der Waals surface area contributed by atoms with Crippen LogP contribution in [0.1, 0.15) is 51.2 Å². The molecule has 0 aromatic carbocycles. The van der Waals surface area contributed by atoms with Crippen molar-refractivity contribution in [1.82, 2.24) is 30.3 Å². The quantitative estimate of drug-likeness (QED) is 0.604. The zero-order valence-corrected chi connectivity index (χ0v) is 16.5. The van der Waals surface area contributed by atoms with Gasteiger partial charge in [-0.3, -0.25) is 9.89 Å². The molecule has 2 N–H and O–H groups in total. The number of hydrogen-bond donors (Lipinski definition) is 2. The minimum absolute atomic E-state index is 0.536. The first kappa shape index (κ1) is 19.7. The van der Waals surface area contributed by atoms with E-state index >= 15 is 0 Å². The largest absolute Gasteiger partial charge is 0.355 e. The second kappa shape index (κ2) is 9.75. The van der Waals surface area contributed by atoms with Gasteiger partial charge in [0.2, 0.25) is 0 Å². The summed E-state index contributed by atoms with van der Waals surface area (Å²) in [6.45, 7) is 10.6. The number of nitrogens with one attached hydrogen (secondary N) is 2. The molecule has 1 atom stereocenters. The minimum Gasteiger partial charge on any atom is -0.355 e. The third kappa shape index (κ3) is 5.70. The molecule has 1 aromatic heterocycles. The molecule has 2 heterocycles. The van der Waals surface area contributed by atoms with E-state index in [1.807, 2.05) is 25.6 Å². The molecule has 1 fully saturated rings. The van der Waals surface area contributed by atoms with Crippen molar-refractivity contribution >= 4 is 5.96 Å². The average molecular weight is 350 g/mol. The van der Waals surface area contributed by atoms with Gasteiger partial charge in [0.15, 0.2) is 11.8 Å². The van der Waals surface area contributed by atoms with Crippen LogP contribution >= 0.6 is 0 Å². The normalized spacial score (nSPS) is 18.2. The maximum Gasteiger partial charge on any atom is 0.191 e. The third-order valence-electron chi connectivity index (χ3n) is 5.18. The zero-order chi connectivity index (χ0) is 18.2. The summed E-state index contributed by atoms with van der Waals surface area (Å²) >= 11 is 0. The van der Waals surface area contributed by atoms with E-state index in [0.717, 1.165) is 24.2 Å². The molecule has 7 nitrogen and oxygen atoms in total. The highest BCUT2D eigenvalue weighted by Crippen LogP contribution is 2.17. The highest BCUT2D eigenvalue weighted by Gasteiger charge is 2.22. The van der Waals surface area contributed by atoms with E-state index in [-0.39, 0.29) is 0 Å². The van der Waals surface area contributed by atoms with Crippen molar-refractivity contribution in [3.05, 3.63) is 11.6 Å². The van der Waals surface area contributed by atoms with Crippen LogP contribution < -0.4 is 10.6 Å². The number of aromatic nitrogens is 3. The Morgan fingerprint density at radius 3 is 2.32 bits per heavy atom. The van der Waals surface area contributed by atoms with Gasteiger partial charge in [0.1, 0.15) is 5.82 Å². The summed E-state index contributed by atoms with van der Waals surface area (Å²) < 4.78 is 1.99. The second-order valence-corrected chi connectivity index (χ2v) is 7.29. The van der Waals surface area contributed by atoms with Crippen molar-refractivity contribution in [3.8, 4) is 0 Å². The van der Waals surface area contributed by atoms with Gasteiger partial charge in [0, 0.05) is 26.7 Å². The van der Waals surface area contributed by atoms with Crippen LogP contribution in [0.5, 0.6) is 0 Å². The zero-order valence-electron chi connectivity index (χ0n) is 16.5. The molecule has 25 heavy (non-hydrogen) atoms. The number of aryl methyl sites for hydroxylation is 1. The molecule has 1 aliphatic rings. The molecule has 1 aromatic rings. The van der Waals surface area contributed by atoms with Gasteiger partial charge in [-0.1, -0.05) is 26.7 Å². The minimum atomic E-state index is 0.536. The third-order valence-corrected chi connectivity index (χ3v) is 5.18. The summed E-state index contributed by atoms with van der Waals surface area (Å²) in [4.78, 5) is 7.01. The highest BCUT2D eigenvalue weighted by molar-refractivity contribution is 5.79. The van der Waals surface area contributed by atoms with E-state index in [9.17, 15) is 0 Å². The molecule has 1 saturated heterocycles. The van der Waals surface area contributed by atoms with Crippen molar-refractivity contribution < 1.29 is 0 Å². The average Bonchev–Trinajstić information content (AvgIpc) is 2.80. The lowest BCUT2D eigenvalue weighted by Crippen LogP contribution is -2.49. The Hall–Kier alpha value is -1.63. The topological polar surface area (TPSA) is 70.4 Å². The number of likely N-dealkylation sites (tertiary alicyclic amines) is 1. The monoisotopic (exact) mass is 349 g/mol. The first-order valence-corrected chi connectivity index (χ1v) is 9.56. The second-order valence-electron chi connectivity index (χ2n) is 7.29. The van der Waals surface area contributed by atoms with Crippen molar-refractivity contribution in [3.63, 3.8) is 0 Å². The molecular weight excluding hydrogens is 314 g/mol. The molecular formula is C18H35N7. The Morgan fingerprint density at radius 2 is 1.80 bits per heavy atom. The molecule has 0 amide bonds. The van der Waals surface area contributed by atoms with E-state index in [4.69, 9.17) is 0 Å². The molecule has 7 heteroatoms. The van der Waals surface area contributed by atoms with E-state index in [2.05, 4.69) is 44.6 Å². The Morgan fingerprint density at radius 1 is 1.12 bits per heavy atom. The van der Waals surface area contributed by atoms with E-state index < -0.39 is 0 Å². The first-order valence-electron chi connectivity index (χ1n) is 9.56. The summed E-state index contributed by atoms with van der Waals surface area (Å²) in [5, 5.41) is 15.1. The summed E-state index contributed by atoms with van der Waals surface area (Å²) in [5.41, 5.74) is 0. The summed E-state index contributed by atoms with van der Waals surface area (Å²) in [6, 6.07) is 0.536. The van der Waals surface area contributed by atoms with Crippen LogP contribution in [0.4, 0.5) is 0 Å². The molecule has 1 unspecified atom stereocenters. The fraction of sp³-hybridized carbons (Fsp3) is 0.833. The molecule has 142 valence electrons. The van der Waals surface area contributed by atoms with E-state index in [1.165, 1.54) is 38.8 Å². The van der Waals surface area contributed by atoms with E-state index in [1.54, 1.807) is 0 Å². The molecule has 0 spiro atoms. The van der Waals surface area contributed by atoms with Gasteiger partial charge in [-0.2, -0.15) is 0 Å². The lowest BCUT2D eigenvalue weighted by Gasteiger charge is -2.34. The van der Waals surface area contributed by atoms with Gasteiger partial charge in [-0.05, 0) is 38.8 Å². The van der Waals surface area contributed by atoms with Gasteiger partial charge < -0.3 is 15.2 Å². The van der Waals surface area contributed by atoms with Crippen LogP contribution in [0, 0.1) is 12.8 Å². The Bertz CT molecular complexity index is 542. The molecule has 1 aliphatic heterocycles. The van der Waals surface area contributed by atoms with Gasteiger partial charge in [-0.25, -0.2) is 0 Å². The Kier molecular flexibility index (Phi) is 7.68. The van der Waals surface area contributed by atoms with Crippen molar-refractivity contribution in [2.75, 3.05) is 26.7 Å². The maximum atomic E-state index is 4.35. The van der Waals surface area contributed by atoms with E-state index in [0.29, 0.717) is 18.5 Å². The fourth-order valence-electron chi connectivity index (χ4n) is 3.40. The number of guanidine groups is 1. The molecule has 2 rings (SSSR count). The number of nitrogens with zero attached hydrogens (tertiary/aromatic N) is 5. The number of aliphatic imine (C=N–C) groups is 1. The van der Waals surface area contributed by atoms with Crippen LogP contribution in [0.25, 0.3) is 0 Å². The lowest BCUT2D eigenvalue weighted by atomic mass is 10.0. The summed E-state index contributed by atoms with van der Waals surface area (Å²) in [5.74, 6) is 3.26. The van der Waals surface area contributed by atoms with Crippen LogP contribution in [0.2, 0.25) is 0 Å². The van der Waals surface area contributed by atoms with Crippen molar-refractivity contribution in [2.24, 2.45) is 18.0 Å². The van der Waals surface area contributed by atoms with Crippen molar-refractivity contribution in [1.29, 1.82) is 0 Å². The predicted molar refractivity (Wildman–Crippen MR) is 103 cm³/mol. The molecule has 0 bridgehead atoms. The van der Waals surface area contributed by atoms with Gasteiger partial charge >= 0.3 is 0 Å². The van der Waals surface area contributed by atoms with Gasteiger partial charge in [0.25, 0.3) is 0 Å². The molecule has 0 radical (unpaired) electrons. The smallest absolute Gasteiger partial charge is 0.191 e. The van der Waals surface area contributed by atoms with Crippen LogP contribution in [0.3, 0.4) is 0 Å². The summed E-state index contributed by atoms with van der Waals surface area (Å²) in [7, 11) is 3.80. The highest BCUT2D eigenvalue weighted by atomic mass is 15.3. The number of rotatable bonds is 6. The fourth-order valence-corrected chi connectivity index (χ4v) is 3.40. The van der Waals surface area contributed by atoms with Gasteiger partial charge in [0.05, 0.1) is 6.54 Å².